The maximum Gasteiger partial charge on any atom is 0.283 e. The molecule has 0 spiro atoms. The van der Waals surface area contributed by atoms with E-state index in [1.807, 2.05) is 0 Å². The van der Waals surface area contributed by atoms with E-state index in [1.54, 1.807) is 43.3 Å². The van der Waals surface area contributed by atoms with E-state index in [9.17, 15) is 17.6 Å². The summed E-state index contributed by atoms with van der Waals surface area (Å²) in [6.07, 6.45) is 1.03. The molecule has 2 aliphatic heterocycles. The number of rotatable bonds is 7. The zero-order valence-electron chi connectivity index (χ0n) is 19.6. The van der Waals surface area contributed by atoms with Crippen molar-refractivity contribution in [3.63, 3.8) is 0 Å². The molecule has 6 nitrogen and oxygen atoms in total. The van der Waals surface area contributed by atoms with E-state index in [0.717, 1.165) is 4.90 Å². The Bertz CT molecular complexity index is 1200. The molecule has 3 atom stereocenters. The van der Waals surface area contributed by atoms with Gasteiger partial charge in [-0.3, -0.25) is 4.79 Å². The van der Waals surface area contributed by atoms with Crippen LogP contribution in [0.2, 0.25) is 0 Å². The number of nitrogens with one attached hydrogen (secondary N) is 1. The SMILES string of the molecule is CCS(=O)(=O)N[C@@H]1[C@H](Cc2cccc(-c3cccc(F)c3)c2)N(C(=O)C2(C)CCCO2)CC1(F)F. The molecular formula is C25H29F3N2O4S. The zero-order chi connectivity index (χ0) is 25.4. The Kier molecular flexibility index (Phi) is 7.00. The highest BCUT2D eigenvalue weighted by Crippen LogP contribution is 2.39. The van der Waals surface area contributed by atoms with Crippen molar-refractivity contribution in [1.82, 2.24) is 9.62 Å². The second-order valence-corrected chi connectivity index (χ2v) is 11.4. The van der Waals surface area contributed by atoms with E-state index in [1.165, 1.54) is 19.1 Å². The molecule has 2 heterocycles. The predicted molar refractivity (Wildman–Crippen MR) is 126 cm³/mol. The molecule has 2 aliphatic rings. The number of carbonyl (C=O) groups excluding carboxylic acids is 1. The first-order chi connectivity index (χ1) is 16.4. The van der Waals surface area contributed by atoms with Crippen molar-refractivity contribution in [2.75, 3.05) is 18.9 Å². The molecule has 2 aromatic carbocycles. The summed E-state index contributed by atoms with van der Waals surface area (Å²) in [6.45, 7) is 2.41. The van der Waals surface area contributed by atoms with Gasteiger partial charge in [-0.15, -0.1) is 0 Å². The van der Waals surface area contributed by atoms with Crippen LogP contribution in [0.25, 0.3) is 11.1 Å². The number of alkyl halides is 2. The lowest BCUT2D eigenvalue weighted by Crippen LogP contribution is -2.54. The summed E-state index contributed by atoms with van der Waals surface area (Å²) in [6, 6.07) is 10.0. The molecule has 4 rings (SSSR count). The van der Waals surface area contributed by atoms with Gasteiger partial charge in [0.15, 0.2) is 0 Å². The molecular weight excluding hydrogens is 481 g/mol. The van der Waals surface area contributed by atoms with Crippen LogP contribution < -0.4 is 4.72 Å². The molecule has 1 N–H and O–H groups in total. The molecule has 190 valence electrons. The highest BCUT2D eigenvalue weighted by molar-refractivity contribution is 7.89. The molecule has 0 saturated carbocycles. The molecule has 0 aromatic heterocycles. The number of carbonyl (C=O) groups is 1. The van der Waals surface area contributed by atoms with Crippen LogP contribution in [-0.2, 0) is 26.0 Å². The second-order valence-electron chi connectivity index (χ2n) is 9.36. The van der Waals surface area contributed by atoms with Gasteiger partial charge in [-0.25, -0.2) is 26.3 Å². The van der Waals surface area contributed by atoms with E-state index >= 15 is 8.78 Å². The number of benzene rings is 2. The van der Waals surface area contributed by atoms with Crippen molar-refractivity contribution in [2.24, 2.45) is 0 Å². The highest BCUT2D eigenvalue weighted by Gasteiger charge is 2.59. The van der Waals surface area contributed by atoms with Crippen molar-refractivity contribution in [1.29, 1.82) is 0 Å². The van der Waals surface area contributed by atoms with Crippen molar-refractivity contribution < 1.29 is 31.1 Å². The van der Waals surface area contributed by atoms with Crippen LogP contribution in [0.15, 0.2) is 48.5 Å². The number of likely N-dealkylation sites (tertiary alicyclic amines) is 1. The van der Waals surface area contributed by atoms with Gasteiger partial charge < -0.3 is 9.64 Å². The summed E-state index contributed by atoms with van der Waals surface area (Å²) in [5.41, 5.74) is 0.689. The van der Waals surface area contributed by atoms with E-state index in [-0.39, 0.29) is 12.2 Å². The molecule has 2 fully saturated rings. The molecule has 35 heavy (non-hydrogen) atoms. The van der Waals surface area contributed by atoms with Crippen LogP contribution in [0, 0.1) is 5.82 Å². The van der Waals surface area contributed by atoms with Gasteiger partial charge >= 0.3 is 0 Å². The molecule has 2 saturated heterocycles. The minimum atomic E-state index is -3.98. The zero-order valence-corrected chi connectivity index (χ0v) is 20.5. The lowest BCUT2D eigenvalue weighted by molar-refractivity contribution is -0.153. The lowest BCUT2D eigenvalue weighted by Gasteiger charge is -2.33. The Labute approximate surface area is 203 Å². The average Bonchev–Trinajstić information content (AvgIpc) is 3.36. The van der Waals surface area contributed by atoms with Crippen LogP contribution in [0.3, 0.4) is 0 Å². The summed E-state index contributed by atoms with van der Waals surface area (Å²) in [4.78, 5) is 14.5. The third kappa shape index (κ3) is 5.39. The summed E-state index contributed by atoms with van der Waals surface area (Å²) < 4.78 is 76.6. The number of nitrogens with zero attached hydrogens (tertiary/aromatic N) is 1. The molecule has 1 unspecified atom stereocenters. The first-order valence-corrected chi connectivity index (χ1v) is 13.3. The Morgan fingerprint density at radius 1 is 1.17 bits per heavy atom. The van der Waals surface area contributed by atoms with Crippen molar-refractivity contribution in [3.05, 3.63) is 59.9 Å². The smallest absolute Gasteiger partial charge is 0.283 e. The molecule has 10 heteroatoms. The van der Waals surface area contributed by atoms with Gasteiger partial charge in [-0.05, 0) is 61.9 Å². The van der Waals surface area contributed by atoms with Gasteiger partial charge in [0.1, 0.15) is 17.5 Å². The summed E-state index contributed by atoms with van der Waals surface area (Å²) in [5, 5.41) is 0. The predicted octanol–water partition coefficient (Wildman–Crippen LogP) is 3.76. The van der Waals surface area contributed by atoms with Crippen molar-refractivity contribution >= 4 is 15.9 Å². The number of hydrogen-bond acceptors (Lipinski definition) is 4. The van der Waals surface area contributed by atoms with Crippen LogP contribution >= 0.6 is 0 Å². The van der Waals surface area contributed by atoms with Crippen LogP contribution in [-0.4, -0.2) is 61.7 Å². The third-order valence-corrected chi connectivity index (χ3v) is 8.14. The molecule has 0 bridgehead atoms. The topological polar surface area (TPSA) is 75.7 Å². The largest absolute Gasteiger partial charge is 0.365 e. The number of halogens is 3. The van der Waals surface area contributed by atoms with E-state index in [0.29, 0.717) is 36.1 Å². The first-order valence-electron chi connectivity index (χ1n) is 11.6. The van der Waals surface area contributed by atoms with Gasteiger partial charge in [-0.1, -0.05) is 36.4 Å². The van der Waals surface area contributed by atoms with E-state index in [2.05, 4.69) is 4.72 Å². The minimum Gasteiger partial charge on any atom is -0.365 e. The quantitative estimate of drug-likeness (QED) is 0.616. The number of hydrogen-bond donors (Lipinski definition) is 1. The highest BCUT2D eigenvalue weighted by atomic mass is 32.2. The Morgan fingerprint density at radius 2 is 1.86 bits per heavy atom. The number of sulfonamides is 1. The molecule has 1 amide bonds. The number of amides is 1. The van der Waals surface area contributed by atoms with Gasteiger partial charge in [-0.2, -0.15) is 0 Å². The van der Waals surface area contributed by atoms with Gasteiger partial charge in [0.25, 0.3) is 11.8 Å². The first kappa shape index (κ1) is 25.7. The summed E-state index contributed by atoms with van der Waals surface area (Å²) in [5.74, 6) is -4.81. The molecule has 0 aliphatic carbocycles. The fraction of sp³-hybridized carbons (Fsp3) is 0.480. The maximum absolute atomic E-state index is 15.2. The lowest BCUT2D eigenvalue weighted by atomic mass is 9.95. The average molecular weight is 511 g/mol. The van der Waals surface area contributed by atoms with Crippen LogP contribution in [0.4, 0.5) is 13.2 Å². The van der Waals surface area contributed by atoms with Gasteiger partial charge in [0.2, 0.25) is 10.0 Å². The van der Waals surface area contributed by atoms with Gasteiger partial charge in [0.05, 0.1) is 18.3 Å². The normalized spacial score (nSPS) is 26.3. The Morgan fingerprint density at radius 3 is 2.49 bits per heavy atom. The standard InChI is InChI=1S/C25H29F3N2O4S/c1-3-35(32,33)29-22-21(30(16-25(22,27)28)23(31)24(2)11-6-12-34-24)14-17-7-4-8-18(13-17)19-9-5-10-20(26)15-19/h4-5,7-10,13,15,21-22,29H,3,6,11-12,14,16H2,1-2H3/t21-,22+,24?/m0/s1. The van der Waals surface area contributed by atoms with Gasteiger partial charge in [0, 0.05) is 6.61 Å². The van der Waals surface area contributed by atoms with Crippen LogP contribution in [0.1, 0.15) is 32.3 Å². The second kappa shape index (κ2) is 9.55. The minimum absolute atomic E-state index is 0.0164. The molecule has 2 aromatic rings. The maximum atomic E-state index is 15.2. The van der Waals surface area contributed by atoms with E-state index < -0.39 is 51.9 Å². The van der Waals surface area contributed by atoms with E-state index in [4.69, 9.17) is 4.74 Å². The van der Waals surface area contributed by atoms with Crippen molar-refractivity contribution in [2.45, 2.75) is 56.7 Å². The summed E-state index contributed by atoms with van der Waals surface area (Å²) in [7, 11) is -3.98. The van der Waals surface area contributed by atoms with Crippen molar-refractivity contribution in [3.8, 4) is 11.1 Å². The fourth-order valence-electron chi connectivity index (χ4n) is 4.84. The third-order valence-electron chi connectivity index (χ3n) is 6.77. The monoisotopic (exact) mass is 510 g/mol. The molecule has 0 radical (unpaired) electrons. The number of ether oxygens (including phenoxy) is 1. The Hall–Kier alpha value is -2.43. The Balaban J connectivity index is 1.70. The fourth-order valence-corrected chi connectivity index (χ4v) is 5.72. The van der Waals surface area contributed by atoms with Crippen LogP contribution in [0.5, 0.6) is 0 Å². The summed E-state index contributed by atoms with van der Waals surface area (Å²) >= 11 is 0.